The lowest BCUT2D eigenvalue weighted by atomic mass is 9.86. The van der Waals surface area contributed by atoms with E-state index in [2.05, 4.69) is 24.1 Å². The minimum Gasteiger partial charge on any atom is -0.487 e. The Bertz CT molecular complexity index is 1490. The van der Waals surface area contributed by atoms with Crippen LogP contribution in [-0.2, 0) is 14.4 Å². The summed E-state index contributed by atoms with van der Waals surface area (Å²) < 4.78 is 37.9. The van der Waals surface area contributed by atoms with Crippen LogP contribution in [0.1, 0.15) is 90.4 Å². The van der Waals surface area contributed by atoms with Crippen LogP contribution in [-0.4, -0.2) is 56.0 Å². The van der Waals surface area contributed by atoms with Gasteiger partial charge in [0.05, 0.1) is 24.0 Å². The average molecular weight is 646 g/mol. The van der Waals surface area contributed by atoms with Crippen LogP contribution in [0.15, 0.2) is 53.8 Å². The Hall–Kier alpha value is -4.16. The Labute approximate surface area is 266 Å². The van der Waals surface area contributed by atoms with E-state index in [1.54, 1.807) is 17.3 Å². The van der Waals surface area contributed by atoms with Crippen molar-refractivity contribution in [2.75, 3.05) is 0 Å². The predicted molar refractivity (Wildman–Crippen MR) is 164 cm³/mol. The number of ether oxygens (including phenoxy) is 1. The van der Waals surface area contributed by atoms with Crippen LogP contribution in [0.3, 0.4) is 0 Å². The number of nitrogens with two attached hydrogens (primary N) is 1. The van der Waals surface area contributed by atoms with E-state index in [1.165, 1.54) is 0 Å². The second-order valence-corrected chi connectivity index (χ2v) is 13.4. The van der Waals surface area contributed by atoms with E-state index in [1.807, 2.05) is 64.1 Å². The van der Waals surface area contributed by atoms with Crippen LogP contribution in [0, 0.1) is 17.3 Å². The predicted octanol–water partition coefficient (Wildman–Crippen LogP) is 5.55. The number of halogens is 3. The number of aliphatic carboxylic acids is 1. The molecule has 1 aromatic carbocycles. The van der Waals surface area contributed by atoms with Crippen molar-refractivity contribution >= 4 is 23.7 Å². The molecule has 1 aromatic heterocycles. The SMILES string of the molecule is CCC1(CC)CC(=O)N(C(c2cccnc2)C2C(C(=O)N[C@H]3CC(C)(C)Oc4ccccc43)C2(C)C)C(N)=N1.O=C(O)C(F)(F)F. The molecule has 0 radical (unpaired) electrons. The largest absolute Gasteiger partial charge is 0.490 e. The molecule has 2 aromatic rings. The van der Waals surface area contributed by atoms with E-state index in [9.17, 15) is 22.8 Å². The zero-order chi connectivity index (χ0) is 34.2. The first-order valence-corrected chi connectivity index (χ1v) is 15.3. The van der Waals surface area contributed by atoms with Crippen molar-refractivity contribution < 1.29 is 37.4 Å². The van der Waals surface area contributed by atoms with Gasteiger partial charge in [-0.2, -0.15) is 13.2 Å². The fourth-order valence-corrected chi connectivity index (χ4v) is 6.81. The number of carbonyl (C=O) groups is 3. The fourth-order valence-electron chi connectivity index (χ4n) is 6.81. The summed E-state index contributed by atoms with van der Waals surface area (Å²) >= 11 is 0. The van der Waals surface area contributed by atoms with Gasteiger partial charge in [0.25, 0.3) is 0 Å². The molecule has 4 atom stereocenters. The monoisotopic (exact) mass is 645 g/mol. The summed E-state index contributed by atoms with van der Waals surface area (Å²) in [6.07, 6.45) is 0.846. The van der Waals surface area contributed by atoms with E-state index < -0.39 is 29.3 Å². The van der Waals surface area contributed by atoms with Crippen molar-refractivity contribution in [3.05, 3.63) is 59.9 Å². The normalized spacial score (nSPS) is 24.6. The van der Waals surface area contributed by atoms with E-state index >= 15 is 0 Å². The average Bonchev–Trinajstić information content (AvgIpc) is 3.55. The van der Waals surface area contributed by atoms with Crippen molar-refractivity contribution in [1.29, 1.82) is 0 Å². The van der Waals surface area contributed by atoms with Crippen molar-refractivity contribution in [3.63, 3.8) is 0 Å². The van der Waals surface area contributed by atoms with Crippen molar-refractivity contribution in [3.8, 4) is 5.75 Å². The molecule has 250 valence electrons. The molecular weight excluding hydrogens is 603 g/mol. The molecule has 0 spiro atoms. The molecule has 1 fully saturated rings. The number of amides is 2. The van der Waals surface area contributed by atoms with E-state index in [0.29, 0.717) is 12.8 Å². The summed E-state index contributed by atoms with van der Waals surface area (Å²) in [5.41, 5.74) is 7.16. The third-order valence-corrected chi connectivity index (χ3v) is 9.44. The van der Waals surface area contributed by atoms with Gasteiger partial charge in [-0.1, -0.05) is 52.0 Å². The number of pyridine rings is 1. The lowest BCUT2D eigenvalue weighted by Gasteiger charge is -2.40. The zero-order valence-electron chi connectivity index (χ0n) is 26.9. The molecule has 10 nitrogen and oxygen atoms in total. The number of aliphatic imine (C=N–C) groups is 1. The summed E-state index contributed by atoms with van der Waals surface area (Å²) in [4.78, 5) is 47.4. The number of alkyl halides is 3. The maximum atomic E-state index is 14.0. The maximum absolute atomic E-state index is 14.0. The second-order valence-electron chi connectivity index (χ2n) is 13.4. The first-order valence-electron chi connectivity index (χ1n) is 15.3. The number of benzene rings is 1. The standard InChI is InChI=1S/C31H41N5O3.C2HF3O2/c1-7-31(8-2)17-23(37)36(28(32)35-31)26(19-12-11-15-33-18-19)24-25(30(24,5)6)27(38)34-21-16-29(3,4)39-22-14-10-9-13-20(21)22;3-2(4,5)1(6)7/h9-15,18,21,24-26H,7-8,16-17H2,1-6H3,(H2,32,35)(H,34,38);(H,6,7)/t21-,24?,25?,26?;/m0./s1. The van der Waals surface area contributed by atoms with Gasteiger partial charge in [-0.15, -0.1) is 0 Å². The molecule has 1 aliphatic carbocycles. The summed E-state index contributed by atoms with van der Waals surface area (Å²) in [5.74, 6) is -2.27. The Morgan fingerprint density at radius 3 is 2.30 bits per heavy atom. The number of nitrogens with zero attached hydrogens (tertiary/aromatic N) is 3. The van der Waals surface area contributed by atoms with Gasteiger partial charge in [0.15, 0.2) is 5.96 Å². The van der Waals surface area contributed by atoms with Gasteiger partial charge < -0.3 is 20.9 Å². The molecule has 3 heterocycles. The number of hydrogen-bond donors (Lipinski definition) is 3. The van der Waals surface area contributed by atoms with Gasteiger partial charge in [0.1, 0.15) is 11.4 Å². The molecule has 5 rings (SSSR count). The first-order chi connectivity index (χ1) is 21.4. The van der Waals surface area contributed by atoms with Crippen molar-refractivity contribution in [1.82, 2.24) is 15.2 Å². The van der Waals surface area contributed by atoms with Crippen LogP contribution in [0.25, 0.3) is 0 Å². The second kappa shape index (κ2) is 12.6. The van der Waals surface area contributed by atoms with Gasteiger partial charge in [-0.25, -0.2) is 9.79 Å². The minimum atomic E-state index is -5.08. The van der Waals surface area contributed by atoms with Gasteiger partial charge in [-0.3, -0.25) is 19.5 Å². The Morgan fingerprint density at radius 1 is 1.13 bits per heavy atom. The molecule has 3 aliphatic rings. The quantitative estimate of drug-likeness (QED) is 0.358. The van der Waals surface area contributed by atoms with Gasteiger partial charge in [0.2, 0.25) is 11.8 Å². The molecule has 0 bridgehead atoms. The van der Waals surface area contributed by atoms with Gasteiger partial charge >= 0.3 is 12.1 Å². The molecule has 0 saturated heterocycles. The van der Waals surface area contributed by atoms with E-state index in [0.717, 1.165) is 29.7 Å². The van der Waals surface area contributed by atoms with Crippen LogP contribution < -0.4 is 15.8 Å². The summed E-state index contributed by atoms with van der Waals surface area (Å²) in [5, 5.41) is 10.5. The van der Waals surface area contributed by atoms with Crippen LogP contribution in [0.4, 0.5) is 13.2 Å². The molecule has 4 N–H and O–H groups in total. The third kappa shape index (κ3) is 6.97. The number of fused-ring (bicyclic) bond motifs is 1. The smallest absolute Gasteiger partial charge is 0.487 e. The number of rotatable bonds is 7. The number of aromatic nitrogens is 1. The van der Waals surface area contributed by atoms with E-state index in [4.69, 9.17) is 25.4 Å². The van der Waals surface area contributed by atoms with Gasteiger partial charge in [-0.05, 0) is 49.8 Å². The molecule has 13 heteroatoms. The number of carboxylic acid groups (broad SMARTS) is 1. The third-order valence-electron chi connectivity index (χ3n) is 9.44. The lowest BCUT2D eigenvalue weighted by molar-refractivity contribution is -0.192. The highest BCUT2D eigenvalue weighted by atomic mass is 19.4. The Balaban J connectivity index is 0.000000617. The summed E-state index contributed by atoms with van der Waals surface area (Å²) in [7, 11) is 0. The van der Waals surface area contributed by atoms with Crippen LogP contribution >= 0.6 is 0 Å². The molecule has 2 amide bonds. The van der Waals surface area contributed by atoms with Crippen LogP contribution in [0.5, 0.6) is 5.75 Å². The topological polar surface area (TPSA) is 147 Å². The number of guanidine groups is 1. The molecular formula is C33H42F3N5O5. The van der Waals surface area contributed by atoms with Crippen LogP contribution in [0.2, 0.25) is 0 Å². The number of para-hydroxylation sites is 1. The van der Waals surface area contributed by atoms with E-state index in [-0.39, 0.29) is 41.1 Å². The Kier molecular flexibility index (Phi) is 9.48. The molecule has 1 saturated carbocycles. The first kappa shape index (κ1) is 34.7. The highest BCUT2D eigenvalue weighted by molar-refractivity contribution is 6.00. The number of hydrogen-bond acceptors (Lipinski definition) is 7. The summed E-state index contributed by atoms with van der Waals surface area (Å²) in [6, 6.07) is 11.1. The van der Waals surface area contributed by atoms with Crippen molar-refractivity contribution in [2.45, 2.75) is 96.6 Å². The maximum Gasteiger partial charge on any atom is 0.490 e. The highest BCUT2D eigenvalue weighted by Crippen LogP contribution is 2.65. The molecule has 3 unspecified atom stereocenters. The number of carbonyl (C=O) groups excluding carboxylic acids is 2. The highest BCUT2D eigenvalue weighted by Gasteiger charge is 2.67. The lowest BCUT2D eigenvalue weighted by Crippen LogP contribution is -2.53. The minimum absolute atomic E-state index is 0.0205. The van der Waals surface area contributed by atoms with Gasteiger partial charge in [0, 0.05) is 36.2 Å². The molecule has 46 heavy (non-hydrogen) atoms. The number of carboxylic acids is 1. The number of nitrogens with one attached hydrogen (secondary N) is 1. The summed E-state index contributed by atoms with van der Waals surface area (Å²) in [6.45, 7) is 12.4. The molecule has 2 aliphatic heterocycles. The Morgan fingerprint density at radius 2 is 1.76 bits per heavy atom. The van der Waals surface area contributed by atoms with Crippen molar-refractivity contribution in [2.24, 2.45) is 28.0 Å². The zero-order valence-corrected chi connectivity index (χ0v) is 26.9. The fraction of sp³-hybridized carbons (Fsp3) is 0.545.